The fourth-order valence-electron chi connectivity index (χ4n) is 6.43. The van der Waals surface area contributed by atoms with Gasteiger partial charge in [0.1, 0.15) is 6.04 Å². The van der Waals surface area contributed by atoms with E-state index in [1.165, 1.54) is 154 Å². The summed E-state index contributed by atoms with van der Waals surface area (Å²) in [4.78, 5) is 27.8. The number of nitrogens with two attached hydrogens (primary N) is 2. The van der Waals surface area contributed by atoms with Gasteiger partial charge in [0.2, 0.25) is 11.8 Å². The zero-order chi connectivity index (χ0) is 36.0. The van der Waals surface area contributed by atoms with Crippen molar-refractivity contribution in [3.05, 3.63) is 12.2 Å². The summed E-state index contributed by atoms with van der Waals surface area (Å²) in [6.45, 7) is 6.28. The molecule has 0 saturated carbocycles. The van der Waals surface area contributed by atoms with E-state index in [4.69, 9.17) is 16.9 Å². The first-order valence-electron chi connectivity index (χ1n) is 21.0. The molecule has 0 fully saturated rings. The number of guanidine groups is 1. The van der Waals surface area contributed by atoms with Gasteiger partial charge in [0, 0.05) is 13.1 Å². The van der Waals surface area contributed by atoms with E-state index in [-0.39, 0.29) is 30.9 Å². The summed E-state index contributed by atoms with van der Waals surface area (Å²) in [5.74, 6) is -0.660. The van der Waals surface area contributed by atoms with Crippen LogP contribution in [-0.2, 0) is 9.59 Å². The number of nitrogens with zero attached hydrogens (tertiary/aromatic N) is 1. The molecule has 0 aromatic carbocycles. The van der Waals surface area contributed by atoms with Crippen LogP contribution >= 0.6 is 0 Å². The summed E-state index contributed by atoms with van der Waals surface area (Å²) < 4.78 is 0. The Balaban J connectivity index is 4.34. The van der Waals surface area contributed by atoms with Crippen molar-refractivity contribution in [1.82, 2.24) is 15.5 Å². The number of unbranched alkanes of at least 4 members (excludes halogenated alkanes) is 25. The maximum Gasteiger partial charge on any atom is 0.243 e. The zero-order valence-corrected chi connectivity index (χ0v) is 32.5. The lowest BCUT2D eigenvalue weighted by Gasteiger charge is -2.24. The lowest BCUT2D eigenvalue weighted by Crippen LogP contribution is -2.51. The maximum atomic E-state index is 13.2. The molecular formula is C41H82N6O2. The second kappa shape index (κ2) is 37.2. The minimum Gasteiger partial charge on any atom is -0.370 e. The zero-order valence-electron chi connectivity index (χ0n) is 32.5. The molecule has 0 aliphatic carbocycles. The molecule has 0 rings (SSSR count). The van der Waals surface area contributed by atoms with Gasteiger partial charge in [0.05, 0.1) is 6.54 Å². The van der Waals surface area contributed by atoms with Crippen LogP contribution in [0.3, 0.4) is 0 Å². The molecule has 1 unspecified atom stereocenters. The Morgan fingerprint density at radius 1 is 0.612 bits per heavy atom. The average Bonchev–Trinajstić information content (AvgIpc) is 3.09. The van der Waals surface area contributed by atoms with Crippen LogP contribution in [-0.4, -0.2) is 54.9 Å². The van der Waals surface area contributed by atoms with E-state index in [9.17, 15) is 9.59 Å². The second-order valence-electron chi connectivity index (χ2n) is 14.3. The van der Waals surface area contributed by atoms with Gasteiger partial charge in [0.15, 0.2) is 5.96 Å². The van der Waals surface area contributed by atoms with E-state index < -0.39 is 6.04 Å². The molecule has 0 radical (unpaired) electrons. The van der Waals surface area contributed by atoms with Crippen LogP contribution in [0.5, 0.6) is 0 Å². The van der Waals surface area contributed by atoms with Crippen LogP contribution in [0.25, 0.3) is 0 Å². The van der Waals surface area contributed by atoms with Gasteiger partial charge in [0.25, 0.3) is 0 Å². The van der Waals surface area contributed by atoms with Crippen LogP contribution in [0.4, 0.5) is 0 Å². The van der Waals surface area contributed by atoms with E-state index in [1.807, 2.05) is 4.90 Å². The first kappa shape index (κ1) is 46.9. The number of carbonyl (C=O) groups is 2. The molecular weight excluding hydrogens is 608 g/mol. The van der Waals surface area contributed by atoms with Gasteiger partial charge < -0.3 is 27.0 Å². The first-order valence-corrected chi connectivity index (χ1v) is 21.0. The van der Waals surface area contributed by atoms with Gasteiger partial charge in [-0.25, -0.2) is 0 Å². The van der Waals surface area contributed by atoms with E-state index in [0.717, 1.165) is 38.8 Å². The molecule has 0 aromatic rings. The summed E-state index contributed by atoms with van der Waals surface area (Å²) in [5.41, 5.74) is 11.1. The monoisotopic (exact) mass is 691 g/mol. The fraction of sp³-hybridized carbons (Fsp3) is 0.878. The Hall–Kier alpha value is -2.09. The molecule has 0 aliphatic heterocycles. The lowest BCUT2D eigenvalue weighted by molar-refractivity contribution is -0.133. The molecule has 0 heterocycles. The maximum absolute atomic E-state index is 13.2. The molecule has 0 bridgehead atoms. The third kappa shape index (κ3) is 32.8. The molecule has 8 heteroatoms. The number of nitrogens with one attached hydrogen (secondary N) is 3. The molecule has 1 atom stereocenters. The van der Waals surface area contributed by atoms with Crippen molar-refractivity contribution in [1.29, 1.82) is 5.41 Å². The molecule has 49 heavy (non-hydrogen) atoms. The quantitative estimate of drug-likeness (QED) is 0.0191. The molecule has 8 nitrogen and oxygen atoms in total. The Kier molecular flexibility index (Phi) is 35.6. The summed E-state index contributed by atoms with van der Waals surface area (Å²) in [6.07, 6.45) is 41.2. The van der Waals surface area contributed by atoms with Crippen LogP contribution < -0.4 is 22.1 Å². The van der Waals surface area contributed by atoms with Crippen molar-refractivity contribution < 1.29 is 9.59 Å². The highest BCUT2D eigenvalue weighted by Crippen LogP contribution is 2.14. The topological polar surface area (TPSA) is 137 Å². The Morgan fingerprint density at radius 2 is 0.980 bits per heavy atom. The summed E-state index contributed by atoms with van der Waals surface area (Å²) in [7, 11) is 0. The smallest absolute Gasteiger partial charge is 0.243 e. The Labute approximate surface area is 303 Å². The van der Waals surface area contributed by atoms with E-state index in [1.54, 1.807) is 0 Å². The number of hydrogen-bond acceptors (Lipinski definition) is 4. The van der Waals surface area contributed by atoms with Crippen LogP contribution in [0.1, 0.15) is 200 Å². The molecule has 0 saturated heterocycles. The molecule has 2 amide bonds. The van der Waals surface area contributed by atoms with Crippen molar-refractivity contribution in [2.24, 2.45) is 11.5 Å². The number of amides is 2. The minimum absolute atomic E-state index is 0.0369. The highest BCUT2D eigenvalue weighted by atomic mass is 16.2. The number of allylic oxidation sites excluding steroid dienone is 2. The molecule has 0 aromatic heterocycles. The van der Waals surface area contributed by atoms with Crippen molar-refractivity contribution >= 4 is 17.8 Å². The third-order valence-electron chi connectivity index (χ3n) is 9.59. The highest BCUT2D eigenvalue weighted by Gasteiger charge is 2.20. The summed E-state index contributed by atoms with van der Waals surface area (Å²) in [6, 6.07) is -0.703. The Bertz CT molecular complexity index is 790. The van der Waals surface area contributed by atoms with E-state index in [2.05, 4.69) is 36.6 Å². The van der Waals surface area contributed by atoms with Gasteiger partial charge in [-0.1, -0.05) is 167 Å². The standard InChI is InChI=1S/C41H82N6O2/c1-3-5-7-9-11-13-15-17-19-20-22-24-26-28-30-32-36-47(39(48)37-45-40(49)38(33-34-42)46-41(43)44)35-31-29-27-25-23-21-18-16-14-12-10-8-6-4-2/h17,19,38H,3-16,18,20-37,42H2,1-2H3,(H,45,49)(H4,43,44,46)/b19-17-. The van der Waals surface area contributed by atoms with Gasteiger partial charge in [-0.15, -0.1) is 0 Å². The van der Waals surface area contributed by atoms with Crippen molar-refractivity contribution in [3.8, 4) is 0 Å². The van der Waals surface area contributed by atoms with Gasteiger partial charge in [-0.05, 0) is 51.5 Å². The minimum atomic E-state index is -0.703. The van der Waals surface area contributed by atoms with Crippen LogP contribution in [0, 0.1) is 5.41 Å². The van der Waals surface area contributed by atoms with Gasteiger partial charge >= 0.3 is 0 Å². The van der Waals surface area contributed by atoms with Crippen molar-refractivity contribution in [2.45, 2.75) is 206 Å². The molecule has 0 aliphatic rings. The van der Waals surface area contributed by atoms with Crippen LogP contribution in [0.2, 0.25) is 0 Å². The van der Waals surface area contributed by atoms with E-state index >= 15 is 0 Å². The number of hydrogen-bond donors (Lipinski definition) is 5. The van der Waals surface area contributed by atoms with Gasteiger partial charge in [-0.2, -0.15) is 0 Å². The van der Waals surface area contributed by atoms with E-state index in [0.29, 0.717) is 6.42 Å². The predicted octanol–water partition coefficient (Wildman–Crippen LogP) is 9.65. The lowest BCUT2D eigenvalue weighted by atomic mass is 10.0. The summed E-state index contributed by atoms with van der Waals surface area (Å²) in [5, 5.41) is 12.9. The predicted molar refractivity (Wildman–Crippen MR) is 212 cm³/mol. The molecule has 7 N–H and O–H groups in total. The van der Waals surface area contributed by atoms with Gasteiger partial charge in [-0.3, -0.25) is 15.0 Å². The second-order valence-corrected chi connectivity index (χ2v) is 14.3. The first-order chi connectivity index (χ1) is 24.0. The number of rotatable bonds is 37. The molecule has 0 spiro atoms. The SMILES string of the molecule is CCCCCCCC/C=C\CCCCCCCCN(CCCCCCCCCCCCCCCC)C(=O)CNC(=O)C(CCN)NC(=N)N. The number of carbonyl (C=O) groups excluding carboxylic acids is 2. The van der Waals surface area contributed by atoms with Crippen molar-refractivity contribution in [3.63, 3.8) is 0 Å². The van der Waals surface area contributed by atoms with Crippen LogP contribution in [0.15, 0.2) is 12.2 Å². The normalized spacial score (nSPS) is 12.0. The van der Waals surface area contributed by atoms with Crippen molar-refractivity contribution in [2.75, 3.05) is 26.2 Å². The largest absolute Gasteiger partial charge is 0.370 e. The highest BCUT2D eigenvalue weighted by molar-refractivity contribution is 5.90. The summed E-state index contributed by atoms with van der Waals surface area (Å²) >= 11 is 0. The average molecular weight is 691 g/mol. The fourth-order valence-corrected chi connectivity index (χ4v) is 6.43. The molecule has 288 valence electrons. The third-order valence-corrected chi connectivity index (χ3v) is 9.59. The Morgan fingerprint density at radius 3 is 1.35 bits per heavy atom.